The van der Waals surface area contributed by atoms with Crippen molar-refractivity contribution in [2.24, 2.45) is 0 Å². The summed E-state index contributed by atoms with van der Waals surface area (Å²) in [6.07, 6.45) is 6.25. The number of rotatable bonds is 8. The Bertz CT molecular complexity index is 1210. The number of fused-ring (bicyclic) bond motifs is 1. The highest BCUT2D eigenvalue weighted by Crippen LogP contribution is 2.34. The highest BCUT2D eigenvalue weighted by Gasteiger charge is 2.24. The number of aromatic nitrogens is 3. The monoisotopic (exact) mass is 414 g/mol. The standard InChI is InChI=1S/C23H22N6O2/c1-2-3-6-16-10-12-18(13-11-16)27-22-21(29(30)31)23(26-15-25-22)28-19-9-4-7-17-8-5-14-24-20(17)19/h4-5,7-15H,2-3,6H2,1H3,(H2,25,26,27,28). The Morgan fingerprint density at radius 2 is 1.68 bits per heavy atom. The number of unbranched alkanes of at least 4 members (excludes halogenated alkanes) is 1. The van der Waals surface area contributed by atoms with Gasteiger partial charge < -0.3 is 10.6 Å². The molecule has 2 aromatic heterocycles. The fourth-order valence-corrected chi connectivity index (χ4v) is 3.34. The first-order chi connectivity index (χ1) is 15.2. The van der Waals surface area contributed by atoms with Gasteiger partial charge in [0.05, 0.1) is 16.1 Å². The van der Waals surface area contributed by atoms with E-state index < -0.39 is 4.92 Å². The molecule has 0 aliphatic heterocycles. The van der Waals surface area contributed by atoms with E-state index in [-0.39, 0.29) is 17.3 Å². The van der Waals surface area contributed by atoms with Gasteiger partial charge in [-0.1, -0.05) is 43.7 Å². The van der Waals surface area contributed by atoms with Gasteiger partial charge in [0, 0.05) is 17.3 Å². The minimum Gasteiger partial charge on any atom is -0.334 e. The summed E-state index contributed by atoms with van der Waals surface area (Å²) in [7, 11) is 0. The van der Waals surface area contributed by atoms with Crippen LogP contribution in [0, 0.1) is 10.1 Å². The molecule has 2 N–H and O–H groups in total. The fraction of sp³-hybridized carbons (Fsp3) is 0.174. The molecule has 0 aliphatic carbocycles. The molecule has 8 nitrogen and oxygen atoms in total. The summed E-state index contributed by atoms with van der Waals surface area (Å²) >= 11 is 0. The minimum absolute atomic E-state index is 0.0974. The Labute approximate surface area is 179 Å². The first-order valence-electron chi connectivity index (χ1n) is 10.1. The van der Waals surface area contributed by atoms with Crippen LogP contribution in [0.25, 0.3) is 10.9 Å². The van der Waals surface area contributed by atoms with Crippen molar-refractivity contribution in [3.63, 3.8) is 0 Å². The van der Waals surface area contributed by atoms with E-state index in [2.05, 4.69) is 32.5 Å². The molecule has 0 amide bonds. The van der Waals surface area contributed by atoms with Crippen LogP contribution in [0.3, 0.4) is 0 Å². The first kappa shape index (κ1) is 20.2. The number of para-hydroxylation sites is 1. The second-order valence-electron chi connectivity index (χ2n) is 7.11. The topological polar surface area (TPSA) is 106 Å². The number of anilines is 4. The summed E-state index contributed by atoms with van der Waals surface area (Å²) in [5, 5.41) is 18.9. The van der Waals surface area contributed by atoms with Crippen molar-refractivity contribution in [1.82, 2.24) is 15.0 Å². The Morgan fingerprint density at radius 3 is 2.42 bits per heavy atom. The Morgan fingerprint density at radius 1 is 0.935 bits per heavy atom. The van der Waals surface area contributed by atoms with Crippen molar-refractivity contribution in [3.05, 3.63) is 82.8 Å². The van der Waals surface area contributed by atoms with E-state index in [4.69, 9.17) is 0 Å². The highest BCUT2D eigenvalue weighted by atomic mass is 16.6. The van der Waals surface area contributed by atoms with Crippen molar-refractivity contribution in [1.29, 1.82) is 0 Å². The molecule has 0 bridgehead atoms. The van der Waals surface area contributed by atoms with E-state index in [0.29, 0.717) is 11.2 Å². The molecule has 0 fully saturated rings. The first-order valence-corrected chi connectivity index (χ1v) is 10.1. The molecule has 4 rings (SSSR count). The van der Waals surface area contributed by atoms with Gasteiger partial charge in [0.25, 0.3) is 0 Å². The molecule has 0 saturated heterocycles. The SMILES string of the molecule is CCCCc1ccc(Nc2ncnc(Nc3cccc4cccnc34)c2[N+](=O)[O-])cc1. The quantitative estimate of drug-likeness (QED) is 0.279. The van der Waals surface area contributed by atoms with Crippen LogP contribution in [0.15, 0.2) is 67.1 Å². The van der Waals surface area contributed by atoms with E-state index >= 15 is 0 Å². The van der Waals surface area contributed by atoms with E-state index in [1.54, 1.807) is 6.20 Å². The molecule has 156 valence electrons. The van der Waals surface area contributed by atoms with Gasteiger partial charge in [-0.3, -0.25) is 15.1 Å². The normalized spacial score (nSPS) is 10.7. The number of benzene rings is 2. The van der Waals surface area contributed by atoms with Crippen LogP contribution < -0.4 is 10.6 Å². The van der Waals surface area contributed by atoms with Gasteiger partial charge in [-0.15, -0.1) is 0 Å². The number of aryl methyl sites for hydroxylation is 1. The Balaban J connectivity index is 1.64. The van der Waals surface area contributed by atoms with E-state index in [0.717, 1.165) is 30.3 Å². The van der Waals surface area contributed by atoms with Gasteiger partial charge >= 0.3 is 5.69 Å². The third kappa shape index (κ3) is 4.58. The van der Waals surface area contributed by atoms with E-state index in [9.17, 15) is 10.1 Å². The summed E-state index contributed by atoms with van der Waals surface area (Å²) in [5.74, 6) is 0.220. The van der Waals surface area contributed by atoms with Crippen LogP contribution in [0.4, 0.5) is 28.7 Å². The molecule has 0 radical (unpaired) electrons. The molecular weight excluding hydrogens is 392 g/mol. The van der Waals surface area contributed by atoms with Crippen molar-refractivity contribution in [3.8, 4) is 0 Å². The largest absolute Gasteiger partial charge is 0.353 e. The molecular formula is C23H22N6O2. The number of pyridine rings is 1. The van der Waals surface area contributed by atoms with Crippen LogP contribution in [-0.4, -0.2) is 19.9 Å². The maximum atomic E-state index is 11.9. The van der Waals surface area contributed by atoms with Crippen molar-refractivity contribution >= 4 is 39.6 Å². The molecule has 4 aromatic rings. The van der Waals surface area contributed by atoms with E-state index in [1.807, 2.05) is 54.6 Å². The molecule has 31 heavy (non-hydrogen) atoms. The average molecular weight is 414 g/mol. The van der Waals surface area contributed by atoms with E-state index in [1.165, 1.54) is 11.9 Å². The zero-order valence-corrected chi connectivity index (χ0v) is 17.1. The van der Waals surface area contributed by atoms with Crippen LogP contribution in [0.2, 0.25) is 0 Å². The molecule has 2 heterocycles. The van der Waals surface area contributed by atoms with Crippen LogP contribution >= 0.6 is 0 Å². The number of hydrogen-bond acceptors (Lipinski definition) is 7. The fourth-order valence-electron chi connectivity index (χ4n) is 3.34. The van der Waals surface area contributed by atoms with Crippen LogP contribution in [0.5, 0.6) is 0 Å². The summed E-state index contributed by atoms with van der Waals surface area (Å²) in [5.41, 5.74) is 3.06. The molecule has 0 atom stereocenters. The maximum Gasteiger partial charge on any atom is 0.353 e. The van der Waals surface area contributed by atoms with Crippen molar-refractivity contribution < 1.29 is 4.92 Å². The van der Waals surface area contributed by atoms with Gasteiger partial charge in [0.15, 0.2) is 0 Å². The zero-order valence-electron chi connectivity index (χ0n) is 17.1. The van der Waals surface area contributed by atoms with Crippen LogP contribution in [0.1, 0.15) is 25.3 Å². The van der Waals surface area contributed by atoms with Crippen molar-refractivity contribution in [2.45, 2.75) is 26.2 Å². The molecule has 0 unspecified atom stereocenters. The third-order valence-corrected chi connectivity index (χ3v) is 4.93. The third-order valence-electron chi connectivity index (χ3n) is 4.93. The highest BCUT2D eigenvalue weighted by molar-refractivity contribution is 5.93. The summed E-state index contributed by atoms with van der Waals surface area (Å²) in [4.78, 5) is 24.0. The lowest BCUT2D eigenvalue weighted by Gasteiger charge is -2.11. The maximum absolute atomic E-state index is 11.9. The van der Waals surface area contributed by atoms with Crippen LogP contribution in [-0.2, 0) is 6.42 Å². The van der Waals surface area contributed by atoms with Crippen molar-refractivity contribution in [2.75, 3.05) is 10.6 Å². The minimum atomic E-state index is -0.487. The average Bonchev–Trinajstić information content (AvgIpc) is 2.79. The number of nitrogens with zero attached hydrogens (tertiary/aromatic N) is 4. The number of nitro groups is 1. The van der Waals surface area contributed by atoms with Gasteiger partial charge in [-0.2, -0.15) is 0 Å². The predicted molar refractivity (Wildman–Crippen MR) is 122 cm³/mol. The smallest absolute Gasteiger partial charge is 0.334 e. The lowest BCUT2D eigenvalue weighted by molar-refractivity contribution is -0.383. The van der Waals surface area contributed by atoms with Gasteiger partial charge in [-0.25, -0.2) is 9.97 Å². The molecule has 2 aromatic carbocycles. The van der Waals surface area contributed by atoms with Gasteiger partial charge in [-0.05, 0) is 42.7 Å². The van der Waals surface area contributed by atoms with Gasteiger partial charge in [0.2, 0.25) is 11.6 Å². The summed E-state index contributed by atoms with van der Waals surface area (Å²) in [6, 6.07) is 17.2. The second-order valence-corrected chi connectivity index (χ2v) is 7.11. The molecule has 0 spiro atoms. The molecule has 0 saturated carbocycles. The predicted octanol–water partition coefficient (Wildman–Crippen LogP) is 5.76. The summed E-state index contributed by atoms with van der Waals surface area (Å²) < 4.78 is 0. The molecule has 8 heteroatoms. The lowest BCUT2D eigenvalue weighted by atomic mass is 10.1. The second kappa shape index (κ2) is 9.17. The Kier molecular flexibility index (Phi) is 5.98. The molecule has 0 aliphatic rings. The summed E-state index contributed by atoms with van der Waals surface area (Å²) in [6.45, 7) is 2.16. The zero-order chi connectivity index (χ0) is 21.6. The lowest BCUT2D eigenvalue weighted by Crippen LogP contribution is -2.06. The van der Waals surface area contributed by atoms with Gasteiger partial charge in [0.1, 0.15) is 6.33 Å². The number of nitrogens with one attached hydrogen (secondary N) is 2. The number of hydrogen-bond donors (Lipinski definition) is 2. The Hall–Kier alpha value is -4.07.